The number of carbonyl (C=O) groups is 1. The van der Waals surface area contributed by atoms with E-state index in [4.69, 9.17) is 4.74 Å². The molecule has 3 heterocycles. The molecule has 3 rings (SSSR count). The van der Waals surface area contributed by atoms with E-state index in [1.807, 2.05) is 26.8 Å². The van der Waals surface area contributed by atoms with Gasteiger partial charge in [0.05, 0.1) is 18.8 Å². The Labute approximate surface area is 128 Å². The number of hydrogen-bond acceptors (Lipinski definition) is 4. The number of nitrogens with zero attached hydrogens (tertiary/aromatic N) is 3. The molecule has 0 N–H and O–H groups in total. The Morgan fingerprint density at radius 2 is 2.14 bits per heavy atom. The summed E-state index contributed by atoms with van der Waals surface area (Å²) < 4.78 is 6.96. The third kappa shape index (κ3) is 2.50. The summed E-state index contributed by atoms with van der Waals surface area (Å²) in [7, 11) is 0. The Bertz CT molecular complexity index is 784. The molecule has 116 valence electrons. The summed E-state index contributed by atoms with van der Waals surface area (Å²) >= 11 is 0. The highest BCUT2D eigenvalue weighted by atomic mass is 16.5. The zero-order valence-electron chi connectivity index (χ0n) is 12.9. The van der Waals surface area contributed by atoms with Gasteiger partial charge in [-0.25, -0.2) is 4.98 Å². The van der Waals surface area contributed by atoms with Crippen LogP contribution < -0.4 is 5.56 Å². The van der Waals surface area contributed by atoms with Crippen molar-refractivity contribution >= 4 is 11.6 Å². The van der Waals surface area contributed by atoms with Crippen LogP contribution in [0.5, 0.6) is 0 Å². The first kappa shape index (κ1) is 14.7. The second-order valence-electron chi connectivity index (χ2n) is 5.86. The van der Waals surface area contributed by atoms with Crippen molar-refractivity contribution in [3.05, 3.63) is 46.0 Å². The molecule has 0 spiro atoms. The van der Waals surface area contributed by atoms with Crippen LogP contribution in [0, 0.1) is 6.92 Å². The van der Waals surface area contributed by atoms with Gasteiger partial charge in [0.2, 0.25) is 0 Å². The highest BCUT2D eigenvalue weighted by Crippen LogP contribution is 2.14. The van der Waals surface area contributed by atoms with Crippen LogP contribution in [0.15, 0.2) is 29.3 Å². The second-order valence-corrected chi connectivity index (χ2v) is 5.86. The normalized spacial score (nSPS) is 22.0. The van der Waals surface area contributed by atoms with Crippen molar-refractivity contribution in [2.75, 3.05) is 13.2 Å². The van der Waals surface area contributed by atoms with E-state index in [1.54, 1.807) is 17.2 Å². The lowest BCUT2D eigenvalue weighted by Crippen LogP contribution is -2.51. The van der Waals surface area contributed by atoms with Gasteiger partial charge in [0.25, 0.3) is 11.5 Å². The van der Waals surface area contributed by atoms with E-state index in [-0.39, 0.29) is 29.2 Å². The van der Waals surface area contributed by atoms with E-state index in [1.165, 1.54) is 10.6 Å². The standard InChI is InChI=1S/C16H19N3O3/c1-10-4-5-14-17-6-13(16(21)19(14)7-10)15(20)18-8-12(3)22-9-11(18)2/h4-7,11-12H,8-9H2,1-3H3/t11-,12+/m0/s1. The minimum atomic E-state index is -0.329. The van der Waals surface area contributed by atoms with Crippen molar-refractivity contribution in [1.82, 2.24) is 14.3 Å². The number of aromatic nitrogens is 2. The van der Waals surface area contributed by atoms with Crippen LogP contribution in [-0.2, 0) is 4.74 Å². The van der Waals surface area contributed by atoms with Crippen molar-refractivity contribution < 1.29 is 9.53 Å². The lowest BCUT2D eigenvalue weighted by atomic mass is 10.1. The molecular weight excluding hydrogens is 282 g/mol. The number of hydrogen-bond donors (Lipinski definition) is 0. The summed E-state index contributed by atoms with van der Waals surface area (Å²) in [5.74, 6) is -0.281. The van der Waals surface area contributed by atoms with E-state index < -0.39 is 0 Å². The van der Waals surface area contributed by atoms with Crippen LogP contribution in [0.25, 0.3) is 5.65 Å². The fourth-order valence-corrected chi connectivity index (χ4v) is 2.67. The topological polar surface area (TPSA) is 63.9 Å². The summed E-state index contributed by atoms with van der Waals surface area (Å²) in [6.45, 7) is 6.69. The average molecular weight is 301 g/mol. The van der Waals surface area contributed by atoms with Gasteiger partial charge in [-0.15, -0.1) is 0 Å². The van der Waals surface area contributed by atoms with Crippen LogP contribution in [0.4, 0.5) is 0 Å². The van der Waals surface area contributed by atoms with Crippen LogP contribution >= 0.6 is 0 Å². The molecule has 0 saturated carbocycles. The Hall–Kier alpha value is -2.21. The maximum absolute atomic E-state index is 12.7. The Balaban J connectivity index is 2.04. The molecule has 0 unspecified atom stereocenters. The number of rotatable bonds is 1. The minimum Gasteiger partial charge on any atom is -0.375 e. The molecule has 6 heteroatoms. The molecule has 1 saturated heterocycles. The zero-order chi connectivity index (χ0) is 15.9. The third-order valence-corrected chi connectivity index (χ3v) is 3.95. The SMILES string of the molecule is Cc1ccc2ncc(C(=O)N3C[C@@H](C)OC[C@@H]3C)c(=O)n2c1. The van der Waals surface area contributed by atoms with Crippen molar-refractivity contribution in [1.29, 1.82) is 0 Å². The first-order valence-electron chi connectivity index (χ1n) is 7.38. The lowest BCUT2D eigenvalue weighted by molar-refractivity contribution is -0.0387. The predicted octanol–water partition coefficient (Wildman–Crippen LogP) is 1.25. The highest BCUT2D eigenvalue weighted by molar-refractivity contribution is 5.94. The number of pyridine rings is 1. The number of ether oxygens (including phenoxy) is 1. The second kappa shape index (κ2) is 5.53. The molecule has 2 aromatic heterocycles. The van der Waals surface area contributed by atoms with Crippen molar-refractivity contribution in [2.24, 2.45) is 0 Å². The number of morpholine rings is 1. The molecular formula is C16H19N3O3. The molecule has 2 aromatic rings. The van der Waals surface area contributed by atoms with Gasteiger partial charge < -0.3 is 9.64 Å². The fraction of sp³-hybridized carbons (Fsp3) is 0.438. The number of aryl methyl sites for hydroxylation is 1. The Morgan fingerprint density at radius 1 is 1.36 bits per heavy atom. The minimum absolute atomic E-state index is 0.0291. The van der Waals surface area contributed by atoms with E-state index in [0.29, 0.717) is 18.8 Å². The van der Waals surface area contributed by atoms with Crippen molar-refractivity contribution in [3.8, 4) is 0 Å². The summed E-state index contributed by atoms with van der Waals surface area (Å²) in [6.07, 6.45) is 3.05. The van der Waals surface area contributed by atoms with E-state index in [9.17, 15) is 9.59 Å². The Kier molecular flexibility index (Phi) is 3.70. The molecule has 22 heavy (non-hydrogen) atoms. The molecule has 1 aliphatic rings. The van der Waals surface area contributed by atoms with Gasteiger partial charge in [0.1, 0.15) is 11.2 Å². The van der Waals surface area contributed by atoms with Gasteiger partial charge >= 0.3 is 0 Å². The van der Waals surface area contributed by atoms with Gasteiger partial charge in [-0.3, -0.25) is 14.0 Å². The summed E-state index contributed by atoms with van der Waals surface area (Å²) in [6, 6.07) is 3.60. The highest BCUT2D eigenvalue weighted by Gasteiger charge is 2.30. The fourth-order valence-electron chi connectivity index (χ4n) is 2.67. The molecule has 0 aromatic carbocycles. The zero-order valence-corrected chi connectivity index (χ0v) is 12.9. The molecule has 6 nitrogen and oxygen atoms in total. The monoisotopic (exact) mass is 301 g/mol. The summed E-state index contributed by atoms with van der Waals surface area (Å²) in [4.78, 5) is 31.2. The lowest BCUT2D eigenvalue weighted by Gasteiger charge is -2.36. The molecule has 2 atom stereocenters. The van der Waals surface area contributed by atoms with Gasteiger partial charge in [-0.1, -0.05) is 6.07 Å². The molecule has 0 radical (unpaired) electrons. The molecule has 1 aliphatic heterocycles. The van der Waals surface area contributed by atoms with Gasteiger partial charge in [0, 0.05) is 18.9 Å². The van der Waals surface area contributed by atoms with Crippen molar-refractivity contribution in [2.45, 2.75) is 32.9 Å². The van der Waals surface area contributed by atoms with Crippen LogP contribution in [0.2, 0.25) is 0 Å². The van der Waals surface area contributed by atoms with E-state index >= 15 is 0 Å². The largest absolute Gasteiger partial charge is 0.375 e. The smallest absolute Gasteiger partial charge is 0.270 e. The summed E-state index contributed by atoms with van der Waals surface area (Å²) in [5, 5.41) is 0. The number of carbonyl (C=O) groups excluding carboxylic acids is 1. The first-order valence-corrected chi connectivity index (χ1v) is 7.38. The van der Waals surface area contributed by atoms with Gasteiger partial charge in [0.15, 0.2) is 0 Å². The average Bonchev–Trinajstić information content (AvgIpc) is 2.50. The molecule has 1 fully saturated rings. The quantitative estimate of drug-likeness (QED) is 0.795. The first-order chi connectivity index (χ1) is 10.5. The summed E-state index contributed by atoms with van der Waals surface area (Å²) in [5.41, 5.74) is 1.25. The number of fused-ring (bicyclic) bond motifs is 1. The van der Waals surface area contributed by atoms with E-state index in [0.717, 1.165) is 5.56 Å². The van der Waals surface area contributed by atoms with Crippen molar-refractivity contribution in [3.63, 3.8) is 0 Å². The number of amides is 1. The Morgan fingerprint density at radius 3 is 2.91 bits per heavy atom. The van der Waals surface area contributed by atoms with Crippen LogP contribution in [0.1, 0.15) is 29.8 Å². The van der Waals surface area contributed by atoms with Crippen LogP contribution in [-0.4, -0.2) is 45.5 Å². The molecule has 1 amide bonds. The maximum Gasteiger partial charge on any atom is 0.270 e. The third-order valence-electron chi connectivity index (χ3n) is 3.95. The predicted molar refractivity (Wildman–Crippen MR) is 82.1 cm³/mol. The van der Waals surface area contributed by atoms with Gasteiger partial charge in [-0.05, 0) is 32.4 Å². The maximum atomic E-state index is 12.7. The van der Waals surface area contributed by atoms with Gasteiger partial charge in [-0.2, -0.15) is 0 Å². The molecule has 0 aliphatic carbocycles. The molecule has 0 bridgehead atoms. The van der Waals surface area contributed by atoms with Crippen LogP contribution in [0.3, 0.4) is 0 Å². The van der Waals surface area contributed by atoms with E-state index in [2.05, 4.69) is 4.98 Å².